The number of benzene rings is 2. The molecule has 0 atom stereocenters. The van der Waals surface area contributed by atoms with Crippen LogP contribution in [0, 0.1) is 0 Å². The van der Waals surface area contributed by atoms with Crippen molar-refractivity contribution in [3.05, 3.63) is 53.7 Å². The summed E-state index contributed by atoms with van der Waals surface area (Å²) < 4.78 is 18.1. The summed E-state index contributed by atoms with van der Waals surface area (Å²) in [6, 6.07) is 13.2. The molecule has 0 fully saturated rings. The molecule has 0 saturated heterocycles. The van der Waals surface area contributed by atoms with E-state index < -0.39 is 7.14 Å². The van der Waals surface area contributed by atoms with Crippen LogP contribution in [0.1, 0.15) is 0 Å². The van der Waals surface area contributed by atoms with E-state index in [1.54, 1.807) is 20.4 Å². The molecule has 158 valence electrons. The van der Waals surface area contributed by atoms with Crippen LogP contribution in [0.2, 0.25) is 5.02 Å². The Labute approximate surface area is 181 Å². The minimum absolute atomic E-state index is 0.353. The lowest BCUT2D eigenvalue weighted by Crippen LogP contribution is -2.11. The largest absolute Gasteiger partial charge is 0.494 e. The molecule has 2 N–H and O–H groups in total. The van der Waals surface area contributed by atoms with E-state index in [9.17, 15) is 4.57 Å². The minimum Gasteiger partial charge on any atom is -0.494 e. The SMILES string of the molecule is COc1cc(N(C)C)ccc1Nc1ncc(Cl)c(Nc2ccccc2P(C)(C)=O)n1. The van der Waals surface area contributed by atoms with Gasteiger partial charge in [-0.25, -0.2) is 4.98 Å². The zero-order chi connectivity index (χ0) is 21.9. The Morgan fingerprint density at radius 1 is 1.07 bits per heavy atom. The number of anilines is 5. The second kappa shape index (κ2) is 8.94. The van der Waals surface area contributed by atoms with Crippen molar-refractivity contribution in [1.29, 1.82) is 0 Å². The molecule has 0 spiro atoms. The fraction of sp³-hybridized carbons (Fsp3) is 0.238. The first-order chi connectivity index (χ1) is 14.2. The molecule has 3 aromatic rings. The van der Waals surface area contributed by atoms with E-state index in [1.807, 2.05) is 61.5 Å². The van der Waals surface area contributed by atoms with Crippen LogP contribution in [0.25, 0.3) is 0 Å². The van der Waals surface area contributed by atoms with E-state index in [2.05, 4.69) is 20.6 Å². The maximum absolute atomic E-state index is 12.6. The Bertz CT molecular complexity index is 1100. The molecule has 1 aromatic heterocycles. The summed E-state index contributed by atoms with van der Waals surface area (Å²) in [5.41, 5.74) is 2.44. The summed E-state index contributed by atoms with van der Waals surface area (Å²) in [6.07, 6.45) is 1.51. The molecule has 2 aromatic carbocycles. The number of rotatable bonds is 7. The summed E-state index contributed by atoms with van der Waals surface area (Å²) in [4.78, 5) is 10.8. The molecule has 1 heterocycles. The van der Waals surface area contributed by atoms with E-state index in [1.165, 1.54) is 6.20 Å². The van der Waals surface area contributed by atoms with Gasteiger partial charge in [-0.05, 0) is 37.6 Å². The summed E-state index contributed by atoms with van der Waals surface area (Å²) in [5, 5.41) is 7.45. The quantitative estimate of drug-likeness (QED) is 0.498. The third-order valence-corrected chi connectivity index (χ3v) is 6.26. The Kier molecular flexibility index (Phi) is 6.54. The average molecular weight is 446 g/mol. The second-order valence-electron chi connectivity index (χ2n) is 7.29. The zero-order valence-electron chi connectivity index (χ0n) is 17.6. The number of ether oxygens (including phenoxy) is 1. The molecule has 3 rings (SSSR count). The van der Waals surface area contributed by atoms with E-state index >= 15 is 0 Å². The summed E-state index contributed by atoms with van der Waals surface area (Å²) in [6.45, 7) is 3.46. The summed E-state index contributed by atoms with van der Waals surface area (Å²) >= 11 is 6.32. The molecule has 0 saturated carbocycles. The van der Waals surface area contributed by atoms with Gasteiger partial charge in [0.2, 0.25) is 5.95 Å². The number of para-hydroxylation sites is 1. The van der Waals surface area contributed by atoms with Gasteiger partial charge in [-0.2, -0.15) is 4.98 Å². The maximum atomic E-state index is 12.6. The topological polar surface area (TPSA) is 79.4 Å². The predicted molar refractivity (Wildman–Crippen MR) is 126 cm³/mol. The van der Waals surface area contributed by atoms with Gasteiger partial charge in [0.05, 0.1) is 24.7 Å². The molecule has 0 aliphatic carbocycles. The van der Waals surface area contributed by atoms with Crippen molar-refractivity contribution in [2.75, 3.05) is 50.1 Å². The summed E-state index contributed by atoms with van der Waals surface area (Å²) in [7, 11) is 3.06. The summed E-state index contributed by atoms with van der Waals surface area (Å²) in [5.74, 6) is 1.43. The van der Waals surface area contributed by atoms with Gasteiger partial charge in [0.15, 0.2) is 5.82 Å². The number of halogens is 1. The Hall–Kier alpha value is -2.76. The molecule has 9 heteroatoms. The number of hydrogen-bond donors (Lipinski definition) is 2. The fourth-order valence-corrected chi connectivity index (χ4v) is 4.17. The number of nitrogens with one attached hydrogen (secondary N) is 2. The predicted octanol–water partition coefficient (Wildman–Crippen LogP) is 4.94. The van der Waals surface area contributed by atoms with Crippen molar-refractivity contribution < 1.29 is 9.30 Å². The van der Waals surface area contributed by atoms with Crippen LogP contribution in [0.4, 0.5) is 28.8 Å². The van der Waals surface area contributed by atoms with Crippen LogP contribution < -0.4 is 25.6 Å². The standard InChI is InChI=1S/C21H25ClN5O2P/c1-27(2)14-10-11-16(18(12-14)29-3)25-21-23-13-15(22)20(26-21)24-17-8-6-7-9-19(17)30(4,5)28/h6-13H,1-5H3,(H2,23,24,25,26). The highest BCUT2D eigenvalue weighted by atomic mass is 35.5. The van der Waals surface area contributed by atoms with E-state index in [4.69, 9.17) is 16.3 Å². The van der Waals surface area contributed by atoms with Crippen molar-refractivity contribution in [2.24, 2.45) is 0 Å². The van der Waals surface area contributed by atoms with E-state index in [0.717, 1.165) is 16.7 Å². The smallest absolute Gasteiger partial charge is 0.229 e. The molecule has 30 heavy (non-hydrogen) atoms. The first-order valence-electron chi connectivity index (χ1n) is 9.25. The van der Waals surface area contributed by atoms with Crippen molar-refractivity contribution in [1.82, 2.24) is 9.97 Å². The number of methoxy groups -OCH3 is 1. The van der Waals surface area contributed by atoms with Crippen LogP contribution in [-0.2, 0) is 4.57 Å². The Morgan fingerprint density at radius 3 is 2.47 bits per heavy atom. The van der Waals surface area contributed by atoms with Gasteiger partial charge >= 0.3 is 0 Å². The normalized spacial score (nSPS) is 11.1. The van der Waals surface area contributed by atoms with Gasteiger partial charge in [-0.1, -0.05) is 23.7 Å². The van der Waals surface area contributed by atoms with E-state index in [0.29, 0.717) is 28.2 Å². The molecule has 0 aliphatic rings. The van der Waals surface area contributed by atoms with Gasteiger partial charge in [-0.15, -0.1) is 0 Å². The lowest BCUT2D eigenvalue weighted by molar-refractivity contribution is 0.417. The number of nitrogens with zero attached hydrogens (tertiary/aromatic N) is 3. The molecule has 7 nitrogen and oxygen atoms in total. The Balaban J connectivity index is 1.91. The number of aromatic nitrogens is 2. The van der Waals surface area contributed by atoms with Crippen molar-refractivity contribution in [2.45, 2.75) is 0 Å². The van der Waals surface area contributed by atoms with Crippen LogP contribution in [0.15, 0.2) is 48.7 Å². The molecular weight excluding hydrogens is 421 g/mol. The first kappa shape index (κ1) is 21.9. The molecule has 0 bridgehead atoms. The van der Waals surface area contributed by atoms with Gasteiger partial charge in [0, 0.05) is 31.2 Å². The van der Waals surface area contributed by atoms with Gasteiger partial charge in [0.25, 0.3) is 0 Å². The van der Waals surface area contributed by atoms with E-state index in [-0.39, 0.29) is 0 Å². The van der Waals surface area contributed by atoms with Gasteiger partial charge < -0.3 is 24.8 Å². The van der Waals surface area contributed by atoms with Crippen LogP contribution in [0.3, 0.4) is 0 Å². The monoisotopic (exact) mass is 445 g/mol. The highest BCUT2D eigenvalue weighted by Crippen LogP contribution is 2.39. The highest BCUT2D eigenvalue weighted by Gasteiger charge is 2.17. The first-order valence-corrected chi connectivity index (χ1v) is 12.2. The van der Waals surface area contributed by atoms with Crippen LogP contribution in [-0.4, -0.2) is 44.5 Å². The molecule has 0 radical (unpaired) electrons. The van der Waals surface area contributed by atoms with Crippen molar-refractivity contribution in [3.8, 4) is 5.75 Å². The van der Waals surface area contributed by atoms with Gasteiger partial charge in [-0.3, -0.25) is 0 Å². The molecule has 0 unspecified atom stereocenters. The van der Waals surface area contributed by atoms with Crippen molar-refractivity contribution >= 4 is 52.9 Å². The third kappa shape index (κ3) is 5.04. The zero-order valence-corrected chi connectivity index (χ0v) is 19.3. The molecule has 0 aliphatic heterocycles. The molecule has 0 amide bonds. The van der Waals surface area contributed by atoms with Crippen LogP contribution >= 0.6 is 18.7 Å². The Morgan fingerprint density at radius 2 is 1.80 bits per heavy atom. The second-order valence-corrected chi connectivity index (χ2v) is 10.9. The lowest BCUT2D eigenvalue weighted by Gasteiger charge is -2.17. The van der Waals surface area contributed by atoms with Crippen molar-refractivity contribution in [3.63, 3.8) is 0 Å². The highest BCUT2D eigenvalue weighted by molar-refractivity contribution is 7.70. The minimum atomic E-state index is -2.48. The molecular formula is C21H25ClN5O2P. The number of hydrogen-bond acceptors (Lipinski definition) is 7. The van der Waals surface area contributed by atoms with Crippen LogP contribution in [0.5, 0.6) is 5.75 Å². The fourth-order valence-electron chi connectivity index (χ4n) is 2.87. The lowest BCUT2D eigenvalue weighted by atomic mass is 10.2. The third-order valence-electron chi connectivity index (χ3n) is 4.43. The van der Waals surface area contributed by atoms with Gasteiger partial charge in [0.1, 0.15) is 17.9 Å². The maximum Gasteiger partial charge on any atom is 0.229 e. The average Bonchev–Trinajstić information content (AvgIpc) is 2.70.